The van der Waals surface area contributed by atoms with Crippen molar-refractivity contribution in [1.82, 2.24) is 4.90 Å². The predicted molar refractivity (Wildman–Crippen MR) is 84.0 cm³/mol. The Labute approximate surface area is 129 Å². The summed E-state index contributed by atoms with van der Waals surface area (Å²) >= 11 is 0. The molecule has 0 aromatic heterocycles. The van der Waals surface area contributed by atoms with Gasteiger partial charge in [-0.25, -0.2) is 0 Å². The van der Waals surface area contributed by atoms with Crippen LogP contribution in [-0.4, -0.2) is 36.6 Å². The molecule has 120 valence electrons. The smallest absolute Gasteiger partial charge is 0.222 e. The van der Waals surface area contributed by atoms with Crippen molar-refractivity contribution in [3.8, 4) is 0 Å². The summed E-state index contributed by atoms with van der Waals surface area (Å²) in [5.74, 6) is 1.12. The van der Waals surface area contributed by atoms with E-state index in [0.29, 0.717) is 28.7 Å². The van der Waals surface area contributed by atoms with Crippen LogP contribution in [0.15, 0.2) is 0 Å². The molecule has 1 saturated carbocycles. The van der Waals surface area contributed by atoms with Crippen molar-refractivity contribution in [2.75, 3.05) is 19.8 Å². The maximum Gasteiger partial charge on any atom is 0.222 e. The fourth-order valence-electron chi connectivity index (χ4n) is 5.26. The van der Waals surface area contributed by atoms with Crippen molar-refractivity contribution in [2.24, 2.45) is 16.7 Å². The normalized spacial score (nSPS) is 36.0. The van der Waals surface area contributed by atoms with Gasteiger partial charge in [-0.1, -0.05) is 20.8 Å². The van der Waals surface area contributed by atoms with E-state index in [4.69, 9.17) is 4.74 Å². The van der Waals surface area contributed by atoms with Crippen LogP contribution in [0.1, 0.15) is 65.7 Å². The van der Waals surface area contributed by atoms with E-state index in [-0.39, 0.29) is 0 Å². The van der Waals surface area contributed by atoms with Gasteiger partial charge in [-0.05, 0) is 55.3 Å². The molecular weight excluding hydrogens is 262 g/mol. The molecule has 1 amide bonds. The van der Waals surface area contributed by atoms with Gasteiger partial charge < -0.3 is 9.64 Å². The van der Waals surface area contributed by atoms with Crippen LogP contribution in [0.2, 0.25) is 0 Å². The first kappa shape index (κ1) is 15.3. The highest BCUT2D eigenvalue weighted by atomic mass is 16.5. The first-order valence-electron chi connectivity index (χ1n) is 8.74. The maximum atomic E-state index is 12.7. The zero-order valence-electron chi connectivity index (χ0n) is 14.0. The molecule has 0 spiro atoms. The van der Waals surface area contributed by atoms with Crippen LogP contribution in [0.25, 0.3) is 0 Å². The Bertz CT molecular complexity index is 400. The number of carbonyl (C=O) groups is 1. The van der Waals surface area contributed by atoms with Gasteiger partial charge in [0.1, 0.15) is 0 Å². The fraction of sp³-hybridized carbons (Fsp3) is 0.944. The highest BCUT2D eigenvalue weighted by Crippen LogP contribution is 2.52. The van der Waals surface area contributed by atoms with Crippen molar-refractivity contribution in [3.05, 3.63) is 0 Å². The third-order valence-corrected chi connectivity index (χ3v) is 5.84. The van der Waals surface area contributed by atoms with E-state index in [1.807, 2.05) is 0 Å². The van der Waals surface area contributed by atoms with E-state index >= 15 is 0 Å². The highest BCUT2D eigenvalue weighted by molar-refractivity contribution is 5.77. The average Bonchev–Trinajstić information content (AvgIpc) is 2.66. The van der Waals surface area contributed by atoms with Gasteiger partial charge in [-0.15, -0.1) is 0 Å². The first-order valence-corrected chi connectivity index (χ1v) is 8.74. The lowest BCUT2D eigenvalue weighted by Gasteiger charge is -2.39. The average molecular weight is 293 g/mol. The van der Waals surface area contributed by atoms with Crippen LogP contribution >= 0.6 is 0 Å². The van der Waals surface area contributed by atoms with Gasteiger partial charge in [0.15, 0.2) is 0 Å². The largest absolute Gasteiger partial charge is 0.381 e. The molecule has 0 N–H and O–H groups in total. The summed E-state index contributed by atoms with van der Waals surface area (Å²) in [6.45, 7) is 9.89. The fourth-order valence-corrected chi connectivity index (χ4v) is 5.26. The minimum Gasteiger partial charge on any atom is -0.381 e. The summed E-state index contributed by atoms with van der Waals surface area (Å²) in [6.07, 6.45) is 7.76. The lowest BCUT2D eigenvalue weighted by atomic mass is 9.65. The molecule has 2 atom stereocenters. The van der Waals surface area contributed by atoms with Crippen LogP contribution in [0, 0.1) is 16.7 Å². The number of ether oxygens (including phenoxy) is 1. The Balaban J connectivity index is 1.56. The first-order chi connectivity index (χ1) is 9.87. The number of rotatable bonds is 3. The number of carbonyl (C=O) groups excluding carboxylic acids is 1. The molecule has 3 fully saturated rings. The Kier molecular flexibility index (Phi) is 4.06. The van der Waals surface area contributed by atoms with Gasteiger partial charge >= 0.3 is 0 Å². The molecule has 3 heteroatoms. The molecular formula is C18H31NO2. The number of fused-ring (bicyclic) bond motifs is 2. The lowest BCUT2D eigenvalue weighted by molar-refractivity contribution is -0.132. The van der Waals surface area contributed by atoms with E-state index in [9.17, 15) is 4.79 Å². The number of amides is 1. The molecule has 2 saturated heterocycles. The molecule has 2 aliphatic heterocycles. The second-order valence-corrected chi connectivity index (χ2v) is 8.83. The number of hydrogen-bond acceptors (Lipinski definition) is 2. The number of hydrogen-bond donors (Lipinski definition) is 0. The van der Waals surface area contributed by atoms with Crippen molar-refractivity contribution in [3.63, 3.8) is 0 Å². The Hall–Kier alpha value is -0.570. The second kappa shape index (κ2) is 5.57. The van der Waals surface area contributed by atoms with E-state index in [2.05, 4.69) is 25.7 Å². The monoisotopic (exact) mass is 293 g/mol. The Morgan fingerprint density at radius 2 is 1.90 bits per heavy atom. The summed E-state index contributed by atoms with van der Waals surface area (Å²) in [5, 5.41) is 0. The Morgan fingerprint density at radius 1 is 1.19 bits per heavy atom. The zero-order valence-corrected chi connectivity index (χ0v) is 14.0. The van der Waals surface area contributed by atoms with Gasteiger partial charge in [0.25, 0.3) is 0 Å². The molecule has 1 aliphatic carbocycles. The number of likely N-dealkylation sites (tertiary alicyclic amines) is 1. The van der Waals surface area contributed by atoms with E-state index in [1.54, 1.807) is 0 Å². The summed E-state index contributed by atoms with van der Waals surface area (Å²) in [6, 6.07) is 0.501. The summed E-state index contributed by atoms with van der Waals surface area (Å²) < 4.78 is 5.40. The molecule has 3 aliphatic rings. The SMILES string of the molecule is CC1(C)CC2CC(C)(CN2C(=O)CCC2CCOCC2)C1. The van der Waals surface area contributed by atoms with Crippen LogP contribution in [0.5, 0.6) is 0 Å². The molecule has 3 nitrogen and oxygen atoms in total. The third kappa shape index (κ3) is 3.44. The van der Waals surface area contributed by atoms with Crippen LogP contribution in [-0.2, 0) is 9.53 Å². The third-order valence-electron chi connectivity index (χ3n) is 5.84. The van der Waals surface area contributed by atoms with E-state index in [1.165, 1.54) is 19.3 Å². The molecule has 0 radical (unpaired) electrons. The van der Waals surface area contributed by atoms with Crippen molar-refractivity contribution in [2.45, 2.75) is 71.8 Å². The standard InChI is InChI=1S/C18H31NO2/c1-17(2)10-15-11-18(3,12-17)13-19(15)16(20)5-4-14-6-8-21-9-7-14/h14-15H,4-13H2,1-3H3. The second-order valence-electron chi connectivity index (χ2n) is 8.83. The molecule has 21 heavy (non-hydrogen) atoms. The quantitative estimate of drug-likeness (QED) is 0.795. The van der Waals surface area contributed by atoms with Gasteiger partial charge in [0, 0.05) is 32.2 Å². The summed E-state index contributed by atoms with van der Waals surface area (Å²) in [5.41, 5.74) is 0.758. The van der Waals surface area contributed by atoms with Gasteiger partial charge in [-0.3, -0.25) is 4.79 Å². The van der Waals surface area contributed by atoms with Crippen LogP contribution in [0.3, 0.4) is 0 Å². The minimum absolute atomic E-state index is 0.362. The lowest BCUT2D eigenvalue weighted by Crippen LogP contribution is -2.37. The molecule has 0 aromatic carbocycles. The summed E-state index contributed by atoms with van der Waals surface area (Å²) in [7, 11) is 0. The molecule has 2 bridgehead atoms. The van der Waals surface area contributed by atoms with Crippen molar-refractivity contribution < 1.29 is 9.53 Å². The minimum atomic E-state index is 0.362. The van der Waals surface area contributed by atoms with Crippen LogP contribution < -0.4 is 0 Å². The van der Waals surface area contributed by atoms with Gasteiger partial charge in [0.2, 0.25) is 5.91 Å². The van der Waals surface area contributed by atoms with Crippen LogP contribution in [0.4, 0.5) is 0 Å². The molecule has 2 heterocycles. The highest BCUT2D eigenvalue weighted by Gasteiger charge is 2.50. The zero-order chi connectivity index (χ0) is 15.1. The molecule has 0 aromatic rings. The van der Waals surface area contributed by atoms with Gasteiger partial charge in [0.05, 0.1) is 0 Å². The Morgan fingerprint density at radius 3 is 2.62 bits per heavy atom. The van der Waals surface area contributed by atoms with Crippen molar-refractivity contribution in [1.29, 1.82) is 0 Å². The van der Waals surface area contributed by atoms with Crippen molar-refractivity contribution >= 4 is 5.91 Å². The van der Waals surface area contributed by atoms with E-state index in [0.717, 1.165) is 45.4 Å². The molecule has 2 unspecified atom stereocenters. The summed E-state index contributed by atoms with van der Waals surface area (Å²) in [4.78, 5) is 14.9. The maximum absolute atomic E-state index is 12.7. The van der Waals surface area contributed by atoms with Gasteiger partial charge in [-0.2, -0.15) is 0 Å². The number of nitrogens with zero attached hydrogens (tertiary/aromatic N) is 1. The van der Waals surface area contributed by atoms with E-state index < -0.39 is 0 Å². The topological polar surface area (TPSA) is 29.5 Å². The molecule has 3 rings (SSSR count). The predicted octanol–water partition coefficient (Wildman–Crippen LogP) is 3.62.